The largest absolute Gasteiger partial charge is 0.397 e. The topological polar surface area (TPSA) is 90.9 Å². The number of rotatable bonds is 6. The first-order valence-electron chi connectivity index (χ1n) is 8.93. The van der Waals surface area contributed by atoms with Crippen molar-refractivity contribution in [2.45, 2.75) is 16.7 Å². The van der Waals surface area contributed by atoms with Crippen LogP contribution in [0.2, 0.25) is 0 Å². The lowest BCUT2D eigenvalue weighted by Gasteiger charge is -2.11. The number of para-hydroxylation sites is 1. The molecule has 5 nitrogen and oxygen atoms in total. The number of nitrogen functional groups attached to an aromatic ring is 1. The van der Waals surface area contributed by atoms with Gasteiger partial charge >= 0.3 is 0 Å². The number of nitriles is 1. The molecule has 0 fully saturated rings. The molecule has 0 unspecified atom stereocenters. The van der Waals surface area contributed by atoms with Crippen LogP contribution in [0.1, 0.15) is 5.56 Å². The quantitative estimate of drug-likeness (QED) is 0.301. The summed E-state index contributed by atoms with van der Waals surface area (Å²) in [5.41, 5.74) is 8.72. The molecule has 0 spiro atoms. The number of nitrogens with one attached hydrogen (secondary N) is 2. The molecule has 0 bridgehead atoms. The number of carbonyl (C=O) groups is 1. The predicted molar refractivity (Wildman–Crippen MR) is 119 cm³/mol. The van der Waals surface area contributed by atoms with Crippen molar-refractivity contribution < 1.29 is 4.79 Å². The van der Waals surface area contributed by atoms with E-state index in [2.05, 4.69) is 10.6 Å². The standard InChI is InChI=1S/C23H20N4OS/c1-16-11-12-19(25)21(13-16)26-15-17(14-24)23(28)27-20-9-5-6-10-22(20)29-18-7-3-2-4-8-18/h2-13,15,26H,25H2,1H3,(H,27,28)/b17-15-. The molecule has 0 heterocycles. The monoisotopic (exact) mass is 400 g/mol. The SMILES string of the molecule is Cc1ccc(N)c(N/C=C(/C#N)C(=O)Nc2ccccc2Sc2ccccc2)c1. The van der Waals surface area contributed by atoms with E-state index in [4.69, 9.17) is 5.73 Å². The summed E-state index contributed by atoms with van der Waals surface area (Å²) in [6.45, 7) is 1.94. The normalized spacial score (nSPS) is 10.8. The van der Waals surface area contributed by atoms with Gasteiger partial charge in [0, 0.05) is 16.0 Å². The molecule has 0 aliphatic carbocycles. The van der Waals surface area contributed by atoms with Gasteiger partial charge in [-0.3, -0.25) is 4.79 Å². The fourth-order valence-electron chi connectivity index (χ4n) is 2.56. The molecular weight excluding hydrogens is 380 g/mol. The molecule has 0 atom stereocenters. The Balaban J connectivity index is 1.76. The van der Waals surface area contributed by atoms with Gasteiger partial charge in [-0.15, -0.1) is 0 Å². The maximum absolute atomic E-state index is 12.6. The second-order valence-electron chi connectivity index (χ2n) is 6.27. The van der Waals surface area contributed by atoms with Gasteiger partial charge in [0.1, 0.15) is 11.6 Å². The zero-order chi connectivity index (χ0) is 20.6. The van der Waals surface area contributed by atoms with Gasteiger partial charge in [-0.2, -0.15) is 5.26 Å². The van der Waals surface area contributed by atoms with E-state index < -0.39 is 5.91 Å². The summed E-state index contributed by atoms with van der Waals surface area (Å²) in [6.07, 6.45) is 1.37. The second-order valence-corrected chi connectivity index (χ2v) is 7.39. The first-order valence-corrected chi connectivity index (χ1v) is 9.74. The Morgan fingerprint density at radius 3 is 2.52 bits per heavy atom. The number of nitrogens with two attached hydrogens (primary N) is 1. The van der Waals surface area contributed by atoms with Gasteiger partial charge in [0.2, 0.25) is 0 Å². The lowest BCUT2D eigenvalue weighted by Crippen LogP contribution is -2.15. The highest BCUT2D eigenvalue weighted by molar-refractivity contribution is 7.99. The first-order chi connectivity index (χ1) is 14.1. The van der Waals surface area contributed by atoms with Crippen molar-refractivity contribution in [2.75, 3.05) is 16.4 Å². The van der Waals surface area contributed by atoms with Crippen LogP contribution < -0.4 is 16.4 Å². The van der Waals surface area contributed by atoms with E-state index in [0.717, 1.165) is 15.4 Å². The summed E-state index contributed by atoms with van der Waals surface area (Å²) >= 11 is 1.54. The van der Waals surface area contributed by atoms with Crippen molar-refractivity contribution in [1.82, 2.24) is 0 Å². The third-order valence-corrected chi connectivity index (χ3v) is 5.14. The van der Waals surface area contributed by atoms with Gasteiger partial charge in [-0.05, 0) is 48.9 Å². The van der Waals surface area contributed by atoms with Crippen LogP contribution in [0.4, 0.5) is 17.1 Å². The van der Waals surface area contributed by atoms with E-state index in [1.165, 1.54) is 6.20 Å². The molecule has 1 amide bonds. The zero-order valence-corrected chi connectivity index (χ0v) is 16.7. The Morgan fingerprint density at radius 2 is 1.76 bits per heavy atom. The molecule has 0 saturated heterocycles. The van der Waals surface area contributed by atoms with Gasteiger partial charge < -0.3 is 16.4 Å². The van der Waals surface area contributed by atoms with Crippen LogP contribution in [0.5, 0.6) is 0 Å². The van der Waals surface area contributed by atoms with Gasteiger partial charge in [0.05, 0.1) is 17.1 Å². The average Bonchev–Trinajstić information content (AvgIpc) is 2.73. The van der Waals surface area contributed by atoms with E-state index in [9.17, 15) is 10.1 Å². The van der Waals surface area contributed by atoms with Gasteiger partial charge in [0.25, 0.3) is 5.91 Å². The third-order valence-electron chi connectivity index (χ3n) is 4.05. The fraction of sp³-hybridized carbons (Fsp3) is 0.0435. The number of hydrogen-bond acceptors (Lipinski definition) is 5. The number of amides is 1. The Labute approximate surface area is 174 Å². The highest BCUT2D eigenvalue weighted by Crippen LogP contribution is 2.33. The van der Waals surface area contributed by atoms with Gasteiger partial charge in [0.15, 0.2) is 0 Å². The molecule has 0 saturated carbocycles. The lowest BCUT2D eigenvalue weighted by atomic mass is 10.2. The molecule has 0 radical (unpaired) electrons. The van der Waals surface area contributed by atoms with E-state index >= 15 is 0 Å². The van der Waals surface area contributed by atoms with Crippen molar-refractivity contribution in [3.8, 4) is 6.07 Å². The minimum Gasteiger partial charge on any atom is -0.397 e. The number of hydrogen-bond donors (Lipinski definition) is 3. The van der Waals surface area contributed by atoms with Crippen molar-refractivity contribution in [3.05, 3.63) is 90.1 Å². The summed E-state index contributed by atoms with van der Waals surface area (Å²) in [4.78, 5) is 14.6. The molecule has 144 valence electrons. The highest BCUT2D eigenvalue weighted by Gasteiger charge is 2.12. The van der Waals surface area contributed by atoms with Gasteiger partial charge in [-0.1, -0.05) is 48.2 Å². The van der Waals surface area contributed by atoms with Crippen LogP contribution in [0.25, 0.3) is 0 Å². The Bertz CT molecular complexity index is 1090. The van der Waals surface area contributed by atoms with Crippen LogP contribution in [0.15, 0.2) is 94.4 Å². The Kier molecular flexibility index (Phi) is 6.56. The van der Waals surface area contributed by atoms with Gasteiger partial charge in [-0.25, -0.2) is 0 Å². The molecule has 3 aromatic rings. The molecule has 0 aliphatic heterocycles. The fourth-order valence-corrected chi connectivity index (χ4v) is 3.48. The van der Waals surface area contributed by atoms with E-state index in [1.807, 2.05) is 79.7 Å². The number of anilines is 3. The molecule has 0 aliphatic rings. The van der Waals surface area contributed by atoms with Crippen LogP contribution in [0.3, 0.4) is 0 Å². The average molecular weight is 401 g/mol. The molecule has 0 aromatic heterocycles. The lowest BCUT2D eigenvalue weighted by molar-refractivity contribution is -0.112. The summed E-state index contributed by atoms with van der Waals surface area (Å²) in [7, 11) is 0. The molecule has 29 heavy (non-hydrogen) atoms. The van der Waals surface area contributed by atoms with Crippen molar-refractivity contribution in [3.63, 3.8) is 0 Å². The summed E-state index contributed by atoms with van der Waals surface area (Å²) in [5.74, 6) is -0.493. The molecule has 4 N–H and O–H groups in total. The van der Waals surface area contributed by atoms with Crippen molar-refractivity contribution in [1.29, 1.82) is 5.26 Å². The predicted octanol–water partition coefficient (Wildman–Crippen LogP) is 5.19. The summed E-state index contributed by atoms with van der Waals surface area (Å²) in [5, 5.41) is 15.2. The van der Waals surface area contributed by atoms with Crippen LogP contribution in [0, 0.1) is 18.3 Å². The molecule has 3 rings (SSSR count). The highest BCUT2D eigenvalue weighted by atomic mass is 32.2. The number of benzene rings is 3. The van der Waals surface area contributed by atoms with Crippen molar-refractivity contribution >= 4 is 34.7 Å². The maximum Gasteiger partial charge on any atom is 0.267 e. The summed E-state index contributed by atoms with van der Waals surface area (Å²) < 4.78 is 0. The van der Waals surface area contributed by atoms with Crippen LogP contribution >= 0.6 is 11.8 Å². The van der Waals surface area contributed by atoms with Crippen molar-refractivity contribution in [2.24, 2.45) is 0 Å². The van der Waals surface area contributed by atoms with Crippen LogP contribution in [-0.4, -0.2) is 5.91 Å². The number of aryl methyl sites for hydroxylation is 1. The molecule has 6 heteroatoms. The second kappa shape index (κ2) is 9.49. The molecule has 3 aromatic carbocycles. The number of carbonyl (C=O) groups excluding carboxylic acids is 1. The molecular formula is C23H20N4OS. The number of nitrogens with zero attached hydrogens (tertiary/aromatic N) is 1. The first kappa shape index (κ1) is 20.1. The van der Waals surface area contributed by atoms with E-state index in [1.54, 1.807) is 17.8 Å². The Hall–Kier alpha value is -3.69. The van der Waals surface area contributed by atoms with E-state index in [-0.39, 0.29) is 5.57 Å². The minimum absolute atomic E-state index is 0.0505. The smallest absolute Gasteiger partial charge is 0.267 e. The minimum atomic E-state index is -0.493. The summed E-state index contributed by atoms with van der Waals surface area (Å²) in [6, 6.07) is 24.8. The zero-order valence-electron chi connectivity index (χ0n) is 15.8. The van der Waals surface area contributed by atoms with Crippen LogP contribution in [-0.2, 0) is 4.79 Å². The Morgan fingerprint density at radius 1 is 1.03 bits per heavy atom. The van der Waals surface area contributed by atoms with E-state index in [0.29, 0.717) is 17.1 Å². The third kappa shape index (κ3) is 5.41. The maximum atomic E-state index is 12.6.